The van der Waals surface area contributed by atoms with Gasteiger partial charge in [0.2, 0.25) is 0 Å². The number of aromatic hydroxyl groups is 1. The highest BCUT2D eigenvalue weighted by Gasteiger charge is 2.27. The summed E-state index contributed by atoms with van der Waals surface area (Å²) >= 11 is 0. The van der Waals surface area contributed by atoms with Crippen molar-refractivity contribution in [3.05, 3.63) is 29.8 Å². The normalized spacial score (nSPS) is 21.0. The molecule has 21 heavy (non-hydrogen) atoms. The smallest absolute Gasteiger partial charge is 0.120 e. The van der Waals surface area contributed by atoms with Gasteiger partial charge in [-0.1, -0.05) is 32.0 Å². The van der Waals surface area contributed by atoms with Crippen LogP contribution in [0.25, 0.3) is 0 Å². The van der Waals surface area contributed by atoms with E-state index in [9.17, 15) is 10.2 Å². The van der Waals surface area contributed by atoms with Crippen molar-refractivity contribution in [3.63, 3.8) is 0 Å². The van der Waals surface area contributed by atoms with E-state index >= 15 is 0 Å². The number of nitrogens with zero attached hydrogens (tertiary/aromatic N) is 2. The fraction of sp³-hybridized carbons (Fsp3) is 0.647. The van der Waals surface area contributed by atoms with Crippen LogP contribution in [0.2, 0.25) is 0 Å². The molecule has 4 nitrogen and oxygen atoms in total. The Morgan fingerprint density at radius 2 is 2.00 bits per heavy atom. The number of phenols is 1. The van der Waals surface area contributed by atoms with Gasteiger partial charge in [0.1, 0.15) is 5.75 Å². The van der Waals surface area contributed by atoms with Crippen LogP contribution >= 0.6 is 0 Å². The molecule has 0 amide bonds. The highest BCUT2D eigenvalue weighted by molar-refractivity contribution is 5.31. The first kappa shape index (κ1) is 16.3. The molecule has 1 heterocycles. The van der Waals surface area contributed by atoms with E-state index in [4.69, 9.17) is 0 Å². The fourth-order valence-corrected chi connectivity index (χ4v) is 3.12. The third-order valence-corrected chi connectivity index (χ3v) is 4.14. The highest BCUT2D eigenvalue weighted by atomic mass is 16.3. The Morgan fingerprint density at radius 1 is 1.24 bits per heavy atom. The van der Waals surface area contributed by atoms with E-state index in [0.717, 1.165) is 44.7 Å². The summed E-state index contributed by atoms with van der Waals surface area (Å²) in [5.74, 6) is 1.02. The third kappa shape index (κ3) is 4.70. The monoisotopic (exact) mass is 292 g/mol. The molecule has 0 saturated carbocycles. The molecule has 0 unspecified atom stereocenters. The number of aliphatic hydroxyl groups excluding tert-OH is 1. The molecule has 2 N–H and O–H groups in total. The summed E-state index contributed by atoms with van der Waals surface area (Å²) in [6.07, 6.45) is 0.823. The zero-order valence-corrected chi connectivity index (χ0v) is 13.2. The average molecular weight is 292 g/mol. The van der Waals surface area contributed by atoms with Crippen molar-refractivity contribution in [2.75, 3.05) is 32.8 Å². The Labute approximate surface area is 128 Å². The lowest BCUT2D eigenvalue weighted by Crippen LogP contribution is -2.53. The summed E-state index contributed by atoms with van der Waals surface area (Å²) in [4.78, 5) is 4.88. The molecule has 4 heteroatoms. The molecule has 2 rings (SSSR count). The van der Waals surface area contributed by atoms with Gasteiger partial charge in [0, 0.05) is 50.9 Å². The maximum Gasteiger partial charge on any atom is 0.120 e. The van der Waals surface area contributed by atoms with Crippen LogP contribution in [-0.4, -0.2) is 58.8 Å². The summed E-state index contributed by atoms with van der Waals surface area (Å²) in [5.41, 5.74) is 0.984. The molecule has 0 aromatic heterocycles. The lowest BCUT2D eigenvalue weighted by molar-refractivity contribution is 0.0473. The van der Waals surface area contributed by atoms with Crippen molar-refractivity contribution < 1.29 is 10.2 Å². The molecule has 1 aromatic carbocycles. The fourth-order valence-electron chi connectivity index (χ4n) is 3.12. The second-order valence-electron chi connectivity index (χ2n) is 6.42. The van der Waals surface area contributed by atoms with E-state index in [0.29, 0.717) is 17.7 Å². The van der Waals surface area contributed by atoms with Crippen LogP contribution in [0.5, 0.6) is 5.75 Å². The van der Waals surface area contributed by atoms with Crippen molar-refractivity contribution in [2.24, 2.45) is 5.92 Å². The number of piperazine rings is 1. The molecule has 1 aromatic rings. The highest BCUT2D eigenvalue weighted by Crippen LogP contribution is 2.21. The first-order valence-electron chi connectivity index (χ1n) is 7.94. The minimum absolute atomic E-state index is 0.240. The molecule has 1 aliphatic rings. The Balaban J connectivity index is 1.96. The molecular formula is C17H28N2O2. The number of aliphatic hydroxyl groups is 1. The van der Waals surface area contributed by atoms with Crippen LogP contribution < -0.4 is 0 Å². The van der Waals surface area contributed by atoms with Gasteiger partial charge in [0.15, 0.2) is 0 Å². The zero-order valence-electron chi connectivity index (χ0n) is 13.2. The van der Waals surface area contributed by atoms with Gasteiger partial charge in [-0.25, -0.2) is 0 Å². The van der Waals surface area contributed by atoms with Crippen LogP contribution in [-0.2, 0) is 6.54 Å². The van der Waals surface area contributed by atoms with E-state index < -0.39 is 0 Å². The van der Waals surface area contributed by atoms with Crippen LogP contribution in [0.1, 0.15) is 25.8 Å². The Hall–Kier alpha value is -1.10. The van der Waals surface area contributed by atoms with E-state index in [1.54, 1.807) is 6.07 Å². The number of para-hydroxylation sites is 1. The lowest BCUT2D eigenvalue weighted by Gasteiger charge is -2.42. The maximum absolute atomic E-state index is 9.90. The van der Waals surface area contributed by atoms with Gasteiger partial charge < -0.3 is 10.2 Å². The van der Waals surface area contributed by atoms with Crippen LogP contribution in [0.4, 0.5) is 0 Å². The van der Waals surface area contributed by atoms with Gasteiger partial charge in [-0.05, 0) is 18.4 Å². The average Bonchev–Trinajstić information content (AvgIpc) is 2.44. The number of hydrogen-bond acceptors (Lipinski definition) is 4. The molecule has 1 atom stereocenters. The van der Waals surface area contributed by atoms with E-state index in [1.807, 2.05) is 18.2 Å². The largest absolute Gasteiger partial charge is 0.508 e. The molecule has 0 radical (unpaired) electrons. The van der Waals surface area contributed by atoms with Crippen LogP contribution in [0.15, 0.2) is 24.3 Å². The summed E-state index contributed by atoms with van der Waals surface area (Å²) in [7, 11) is 0. The SMILES string of the molecule is CC(C)CN1CCN(Cc2ccccc2O)C[C@H]1CCO. The summed E-state index contributed by atoms with van der Waals surface area (Å²) in [6, 6.07) is 7.97. The van der Waals surface area contributed by atoms with Crippen molar-refractivity contribution in [3.8, 4) is 5.75 Å². The van der Waals surface area contributed by atoms with E-state index in [2.05, 4.69) is 23.6 Å². The Kier molecular flexibility index (Phi) is 6.03. The van der Waals surface area contributed by atoms with Crippen molar-refractivity contribution >= 4 is 0 Å². The number of phenolic OH excluding ortho intramolecular Hbond substituents is 1. The minimum Gasteiger partial charge on any atom is -0.508 e. The Morgan fingerprint density at radius 3 is 2.67 bits per heavy atom. The van der Waals surface area contributed by atoms with Gasteiger partial charge in [-0.2, -0.15) is 0 Å². The molecule has 1 aliphatic heterocycles. The van der Waals surface area contributed by atoms with Gasteiger partial charge in [0.05, 0.1) is 0 Å². The number of hydrogen-bond donors (Lipinski definition) is 2. The van der Waals surface area contributed by atoms with E-state index in [-0.39, 0.29) is 6.61 Å². The molecule has 118 valence electrons. The summed E-state index contributed by atoms with van der Waals surface area (Å²) in [6.45, 7) is 9.61. The Bertz CT molecular complexity index is 437. The lowest BCUT2D eigenvalue weighted by atomic mass is 10.1. The quantitative estimate of drug-likeness (QED) is 0.841. The summed E-state index contributed by atoms with van der Waals surface area (Å²) < 4.78 is 0. The second kappa shape index (κ2) is 7.78. The van der Waals surface area contributed by atoms with Crippen molar-refractivity contribution in [1.29, 1.82) is 0 Å². The van der Waals surface area contributed by atoms with Crippen molar-refractivity contribution in [2.45, 2.75) is 32.9 Å². The topological polar surface area (TPSA) is 46.9 Å². The third-order valence-electron chi connectivity index (χ3n) is 4.14. The zero-order chi connectivity index (χ0) is 15.2. The van der Waals surface area contributed by atoms with Gasteiger partial charge >= 0.3 is 0 Å². The maximum atomic E-state index is 9.90. The molecular weight excluding hydrogens is 264 g/mol. The molecule has 1 fully saturated rings. The first-order valence-corrected chi connectivity index (χ1v) is 7.94. The van der Waals surface area contributed by atoms with Crippen LogP contribution in [0, 0.1) is 5.92 Å². The summed E-state index contributed by atoms with van der Waals surface area (Å²) in [5, 5.41) is 19.2. The van der Waals surface area contributed by atoms with Crippen LogP contribution in [0.3, 0.4) is 0 Å². The molecule has 0 spiro atoms. The predicted octanol–water partition coefficient (Wildman–Crippen LogP) is 1.92. The second-order valence-corrected chi connectivity index (χ2v) is 6.42. The number of rotatable bonds is 6. The van der Waals surface area contributed by atoms with E-state index in [1.165, 1.54) is 0 Å². The number of benzene rings is 1. The molecule has 0 bridgehead atoms. The molecule has 0 aliphatic carbocycles. The van der Waals surface area contributed by atoms with Crippen molar-refractivity contribution in [1.82, 2.24) is 9.80 Å². The molecule has 1 saturated heterocycles. The van der Waals surface area contributed by atoms with Gasteiger partial charge in [-0.3, -0.25) is 9.80 Å². The standard InChI is InChI=1S/C17H28N2O2/c1-14(2)11-19-9-8-18(13-16(19)7-10-20)12-15-5-3-4-6-17(15)21/h3-6,14,16,20-21H,7-13H2,1-2H3/t16-/m1/s1. The van der Waals surface area contributed by atoms with Gasteiger partial charge in [0.25, 0.3) is 0 Å². The van der Waals surface area contributed by atoms with Gasteiger partial charge in [-0.15, -0.1) is 0 Å². The predicted molar refractivity (Wildman–Crippen MR) is 85.3 cm³/mol. The first-order chi connectivity index (χ1) is 10.1. The minimum atomic E-state index is 0.240.